The molecule has 2 aromatic carbocycles. The molecule has 1 aliphatic rings. The number of nitrogens with one attached hydrogen (secondary N) is 2. The summed E-state index contributed by atoms with van der Waals surface area (Å²) in [6.07, 6.45) is 6.46. The van der Waals surface area contributed by atoms with Crippen molar-refractivity contribution in [2.75, 3.05) is 18.4 Å². The fourth-order valence-corrected chi connectivity index (χ4v) is 4.25. The van der Waals surface area contributed by atoms with Crippen LogP contribution >= 0.6 is 0 Å². The van der Waals surface area contributed by atoms with E-state index < -0.39 is 5.82 Å². The number of nitrogens with zero attached hydrogens (tertiary/aromatic N) is 4. The number of fused-ring (bicyclic) bond motifs is 1. The number of carbonyl (C=O) groups excluding carboxylic acids is 1. The molecule has 0 spiro atoms. The summed E-state index contributed by atoms with van der Waals surface area (Å²) < 4.78 is 18.9. The Morgan fingerprint density at radius 2 is 1.95 bits per heavy atom. The van der Waals surface area contributed by atoms with Crippen molar-refractivity contribution in [2.24, 2.45) is 0 Å². The van der Waals surface area contributed by atoms with Gasteiger partial charge in [-0.1, -0.05) is 12.1 Å². The van der Waals surface area contributed by atoms with Gasteiger partial charge in [0, 0.05) is 42.0 Å². The van der Waals surface area contributed by atoms with E-state index in [9.17, 15) is 9.18 Å². The molecule has 1 amide bonds. The van der Waals surface area contributed by atoms with Gasteiger partial charge in [-0.25, -0.2) is 9.37 Å². The highest BCUT2D eigenvalue weighted by atomic mass is 19.1. The molecule has 0 bridgehead atoms. The van der Waals surface area contributed by atoms with E-state index >= 15 is 0 Å². The normalized spacial score (nSPS) is 13.3. The lowest BCUT2D eigenvalue weighted by molar-refractivity contribution is 0.102. The maximum Gasteiger partial charge on any atom is 0.276 e. The molecule has 0 saturated carbocycles. The summed E-state index contributed by atoms with van der Waals surface area (Å²) in [5.41, 5.74) is 4.63. The van der Waals surface area contributed by atoms with Crippen LogP contribution < -0.4 is 10.1 Å². The standard InChI is InChI=1S/C28H23FN6O2/c29-21-3-1-4-23(13-21)37-26-8-6-22(16-31-26)32-28(36)27-24-12-19(5-7-25(24)33-34-27)20-11-18(14-30-15-20)17-35-9-2-10-35/h1,3-8,11-16H,2,9-10,17H2,(H,32,36)(H,33,34). The fraction of sp³-hybridized carbons (Fsp3) is 0.143. The van der Waals surface area contributed by atoms with Gasteiger partial charge in [0.1, 0.15) is 11.6 Å². The molecular weight excluding hydrogens is 471 g/mol. The molecular formula is C28H23FN6O2. The summed E-state index contributed by atoms with van der Waals surface area (Å²) in [5, 5.41) is 10.7. The van der Waals surface area contributed by atoms with Crippen molar-refractivity contribution in [1.82, 2.24) is 25.1 Å². The van der Waals surface area contributed by atoms with Crippen LogP contribution in [-0.4, -0.2) is 44.1 Å². The quantitative estimate of drug-likeness (QED) is 0.314. The summed E-state index contributed by atoms with van der Waals surface area (Å²) in [6.45, 7) is 3.15. The molecule has 0 radical (unpaired) electrons. The minimum Gasteiger partial charge on any atom is -0.439 e. The van der Waals surface area contributed by atoms with E-state index in [4.69, 9.17) is 4.74 Å². The zero-order valence-corrected chi connectivity index (χ0v) is 19.8. The lowest BCUT2D eigenvalue weighted by Crippen LogP contribution is -2.36. The number of carbonyl (C=O) groups is 1. The van der Waals surface area contributed by atoms with Crippen molar-refractivity contribution < 1.29 is 13.9 Å². The Kier molecular flexibility index (Phi) is 6.03. The summed E-state index contributed by atoms with van der Waals surface area (Å²) in [6, 6.07) is 17.1. The third kappa shape index (κ3) is 5.03. The van der Waals surface area contributed by atoms with E-state index in [-0.39, 0.29) is 17.5 Å². The first kappa shape index (κ1) is 22.8. The second-order valence-electron chi connectivity index (χ2n) is 8.94. The van der Waals surface area contributed by atoms with Crippen molar-refractivity contribution in [3.8, 4) is 22.8 Å². The molecule has 8 nitrogen and oxygen atoms in total. The number of aromatic amines is 1. The van der Waals surface area contributed by atoms with Crippen molar-refractivity contribution in [2.45, 2.75) is 13.0 Å². The molecule has 1 saturated heterocycles. The van der Waals surface area contributed by atoms with Gasteiger partial charge in [0.15, 0.2) is 5.69 Å². The minimum atomic E-state index is -0.397. The zero-order valence-electron chi connectivity index (χ0n) is 19.8. The molecule has 3 aromatic heterocycles. The van der Waals surface area contributed by atoms with Gasteiger partial charge in [0.2, 0.25) is 5.88 Å². The molecule has 6 rings (SSSR count). The molecule has 0 aliphatic carbocycles. The first-order valence-electron chi connectivity index (χ1n) is 12.0. The lowest BCUT2D eigenvalue weighted by Gasteiger charge is -2.30. The molecule has 1 aliphatic heterocycles. The van der Waals surface area contributed by atoms with Crippen molar-refractivity contribution in [1.29, 1.82) is 0 Å². The molecule has 4 heterocycles. The van der Waals surface area contributed by atoms with E-state index in [2.05, 4.69) is 36.4 Å². The van der Waals surface area contributed by atoms with E-state index in [0.717, 1.165) is 36.3 Å². The second-order valence-corrected chi connectivity index (χ2v) is 8.94. The first-order valence-corrected chi connectivity index (χ1v) is 12.0. The summed E-state index contributed by atoms with van der Waals surface area (Å²) in [5.74, 6) is -0.146. The summed E-state index contributed by atoms with van der Waals surface area (Å²) in [7, 11) is 0. The van der Waals surface area contributed by atoms with Gasteiger partial charge in [-0.3, -0.25) is 19.8 Å². The van der Waals surface area contributed by atoms with Crippen LogP contribution in [0.3, 0.4) is 0 Å². The highest BCUT2D eigenvalue weighted by molar-refractivity contribution is 6.11. The maximum atomic E-state index is 13.4. The molecule has 37 heavy (non-hydrogen) atoms. The number of rotatable bonds is 7. The zero-order chi connectivity index (χ0) is 25.2. The van der Waals surface area contributed by atoms with Gasteiger partial charge >= 0.3 is 0 Å². The highest BCUT2D eigenvalue weighted by Crippen LogP contribution is 2.27. The molecule has 5 aromatic rings. The van der Waals surface area contributed by atoms with Crippen LogP contribution in [0.25, 0.3) is 22.0 Å². The van der Waals surface area contributed by atoms with Gasteiger partial charge in [-0.2, -0.15) is 5.10 Å². The number of ether oxygens (including phenoxy) is 1. The van der Waals surface area contributed by atoms with E-state index in [0.29, 0.717) is 16.8 Å². The Morgan fingerprint density at radius 3 is 2.73 bits per heavy atom. The molecule has 0 unspecified atom stereocenters. The minimum absolute atomic E-state index is 0.279. The Labute approximate surface area is 212 Å². The van der Waals surface area contributed by atoms with Crippen LogP contribution in [0.4, 0.5) is 10.1 Å². The summed E-state index contributed by atoms with van der Waals surface area (Å²) >= 11 is 0. The van der Waals surface area contributed by atoms with Crippen LogP contribution in [0.15, 0.2) is 79.3 Å². The highest BCUT2D eigenvalue weighted by Gasteiger charge is 2.17. The maximum absolute atomic E-state index is 13.4. The van der Waals surface area contributed by atoms with Gasteiger partial charge in [0.05, 0.1) is 17.4 Å². The topological polar surface area (TPSA) is 96.0 Å². The van der Waals surface area contributed by atoms with E-state index in [1.165, 1.54) is 30.3 Å². The van der Waals surface area contributed by atoms with E-state index in [1.54, 1.807) is 24.3 Å². The number of likely N-dealkylation sites (tertiary alicyclic amines) is 1. The number of pyridine rings is 2. The lowest BCUT2D eigenvalue weighted by atomic mass is 10.0. The Balaban J connectivity index is 1.19. The Morgan fingerprint density at radius 1 is 1.03 bits per heavy atom. The van der Waals surface area contributed by atoms with Crippen molar-refractivity contribution in [3.05, 3.63) is 96.3 Å². The number of amides is 1. The van der Waals surface area contributed by atoms with Crippen LogP contribution in [0.2, 0.25) is 0 Å². The smallest absolute Gasteiger partial charge is 0.276 e. The number of H-pyrrole nitrogens is 1. The SMILES string of the molecule is O=C(Nc1ccc(Oc2cccc(F)c2)nc1)c1n[nH]c2ccc(-c3cncc(CN4CCC4)c3)cc12. The molecule has 2 N–H and O–H groups in total. The third-order valence-corrected chi connectivity index (χ3v) is 6.27. The number of aromatic nitrogens is 4. The van der Waals surface area contributed by atoms with Gasteiger partial charge in [-0.05, 0) is 67.0 Å². The van der Waals surface area contributed by atoms with Crippen LogP contribution in [0, 0.1) is 5.82 Å². The monoisotopic (exact) mass is 494 g/mol. The second kappa shape index (κ2) is 9.79. The third-order valence-electron chi connectivity index (χ3n) is 6.27. The average molecular weight is 495 g/mol. The van der Waals surface area contributed by atoms with Gasteiger partial charge in [-0.15, -0.1) is 0 Å². The van der Waals surface area contributed by atoms with Crippen LogP contribution in [0.1, 0.15) is 22.5 Å². The number of anilines is 1. The van der Waals surface area contributed by atoms with Gasteiger partial charge in [0.25, 0.3) is 5.91 Å². The van der Waals surface area contributed by atoms with Crippen LogP contribution in [0.5, 0.6) is 11.6 Å². The predicted octanol–water partition coefficient (Wildman–Crippen LogP) is 5.41. The largest absolute Gasteiger partial charge is 0.439 e. The van der Waals surface area contributed by atoms with E-state index in [1.807, 2.05) is 30.6 Å². The Hall–Kier alpha value is -4.63. The molecule has 9 heteroatoms. The van der Waals surface area contributed by atoms with Crippen LogP contribution in [-0.2, 0) is 6.54 Å². The average Bonchev–Trinajstić information content (AvgIpc) is 3.31. The Bertz CT molecular complexity index is 1580. The number of hydrogen-bond donors (Lipinski definition) is 2. The summed E-state index contributed by atoms with van der Waals surface area (Å²) in [4.78, 5) is 24.1. The van der Waals surface area contributed by atoms with Gasteiger partial charge < -0.3 is 10.1 Å². The number of halogens is 1. The first-order chi connectivity index (χ1) is 18.1. The molecule has 1 fully saturated rings. The number of benzene rings is 2. The number of hydrogen-bond acceptors (Lipinski definition) is 6. The molecule has 184 valence electrons. The van der Waals surface area contributed by atoms with Crippen molar-refractivity contribution >= 4 is 22.5 Å². The fourth-order valence-electron chi connectivity index (χ4n) is 4.25. The van der Waals surface area contributed by atoms with Crippen molar-refractivity contribution in [3.63, 3.8) is 0 Å². The molecule has 0 atom stereocenters. The predicted molar refractivity (Wildman–Crippen MR) is 138 cm³/mol.